The van der Waals surface area contributed by atoms with Gasteiger partial charge in [0, 0.05) is 85.7 Å². The van der Waals surface area contributed by atoms with E-state index in [1.165, 1.54) is 20.3 Å². The number of anilines is 3. The van der Waals surface area contributed by atoms with Crippen LogP contribution in [0.25, 0.3) is 10.8 Å². The van der Waals surface area contributed by atoms with Crippen molar-refractivity contribution in [1.29, 1.82) is 0 Å². The van der Waals surface area contributed by atoms with Crippen molar-refractivity contribution < 1.29 is 49.6 Å². The molecule has 0 radical (unpaired) electrons. The molecule has 314 valence electrons. The van der Waals surface area contributed by atoms with Crippen LogP contribution in [0.1, 0.15) is 58.8 Å². The summed E-state index contributed by atoms with van der Waals surface area (Å²) in [5, 5.41) is 82.7. The number of allylic oxidation sites excluding steroid dienone is 4. The van der Waals surface area contributed by atoms with Crippen LogP contribution in [0.2, 0.25) is 0 Å². The highest BCUT2D eigenvalue weighted by Gasteiger charge is 2.50. The van der Waals surface area contributed by atoms with Crippen molar-refractivity contribution in [3.63, 3.8) is 0 Å². The van der Waals surface area contributed by atoms with Gasteiger partial charge in [-0.3, -0.25) is 4.79 Å². The van der Waals surface area contributed by atoms with Gasteiger partial charge in [-0.15, -0.1) is 0 Å². The van der Waals surface area contributed by atoms with Gasteiger partial charge in [0.25, 0.3) is 11.7 Å². The summed E-state index contributed by atoms with van der Waals surface area (Å²) in [7, 11) is 5.07. The molecular formula is C43H57N5O10. The van der Waals surface area contributed by atoms with Crippen LogP contribution in [-0.2, 0) is 14.3 Å². The number of rotatable bonds is 3. The Labute approximate surface area is 338 Å². The first-order valence-electron chi connectivity index (χ1n) is 19.5. The molecular weight excluding hydrogens is 746 g/mol. The Balaban J connectivity index is 1.55. The monoisotopic (exact) mass is 803 g/mol. The Morgan fingerprint density at radius 2 is 1.60 bits per heavy atom. The van der Waals surface area contributed by atoms with E-state index in [0.717, 1.165) is 0 Å². The molecule has 0 spiro atoms. The third-order valence-electron chi connectivity index (χ3n) is 12.0. The lowest BCUT2D eigenvalue weighted by atomic mass is 9.78. The molecule has 0 saturated heterocycles. The van der Waals surface area contributed by atoms with Crippen molar-refractivity contribution in [2.75, 3.05) is 36.7 Å². The molecule has 58 heavy (non-hydrogen) atoms. The number of phenolic OH excluding ortho intramolecular Hbond substituents is 2. The minimum atomic E-state index is -1.74. The first-order chi connectivity index (χ1) is 27.3. The Morgan fingerprint density at radius 1 is 0.931 bits per heavy atom. The molecule has 11 atom stereocenters. The zero-order valence-corrected chi connectivity index (χ0v) is 34.6. The number of aromatic hydroxyl groups is 2. The zero-order valence-electron chi connectivity index (χ0n) is 34.6. The number of hydrogen-bond donors (Lipinski definition) is 8. The average molecular weight is 804 g/mol. The molecule has 2 aromatic carbocycles. The van der Waals surface area contributed by atoms with Crippen LogP contribution in [-0.4, -0.2) is 105 Å². The fourth-order valence-electron chi connectivity index (χ4n) is 8.19. The summed E-state index contributed by atoms with van der Waals surface area (Å²) in [6, 6.07) is 0. The minimum absolute atomic E-state index is 0.0109. The molecule has 2 aromatic rings. The van der Waals surface area contributed by atoms with Gasteiger partial charge in [-0.05, 0) is 26.0 Å². The number of amides is 1. The number of hydrogen-bond acceptors (Lipinski definition) is 14. The molecule has 8 N–H and O–H groups in total. The van der Waals surface area contributed by atoms with Crippen LogP contribution >= 0.6 is 0 Å². The van der Waals surface area contributed by atoms with Crippen LogP contribution < -0.4 is 20.3 Å². The summed E-state index contributed by atoms with van der Waals surface area (Å²) >= 11 is 0. The number of benzene rings is 2. The summed E-state index contributed by atoms with van der Waals surface area (Å²) in [5.41, 5.74) is 2.23. The highest BCUT2D eigenvalue weighted by atomic mass is 16.7. The smallest absolute Gasteiger partial charge is 0.277 e. The normalized spacial score (nSPS) is 34.7. The van der Waals surface area contributed by atoms with Crippen molar-refractivity contribution in [2.24, 2.45) is 28.8 Å². The van der Waals surface area contributed by atoms with Crippen LogP contribution in [0.3, 0.4) is 0 Å². The number of hydrazone groups is 1. The standard InChI is InChI=1S/C43H57N5O10/c1-20-12-11-13-21(2)42(55)46-33-34-32(45-28-15-14-26(19-48(28)34)18-44-47(8)9)29-30(39(33)53)38(52)25(6)40-31(29)41(54)43(7,58-40)57-17-16-27(56-10)22(3)36(50)24(5)37(51)23(4)35(20)49/h11-20,22-24,27-28,35-37,41,45,49-54H,1-10H3,(H,46,55)/b12-11+,17-16+,21-13-,44-18+/t20-,22+,23+,24-,27-,28?,35-,36+,37+,41?,43-/m0/s1. The van der Waals surface area contributed by atoms with E-state index in [1.807, 2.05) is 23.3 Å². The number of nitrogens with one attached hydrogen (secondary N) is 2. The number of phenols is 2. The number of carbonyl (C=O) groups excluding carboxylic acids is 1. The highest BCUT2D eigenvalue weighted by Crippen LogP contribution is 2.61. The molecule has 0 fully saturated rings. The van der Waals surface area contributed by atoms with Gasteiger partial charge < -0.3 is 65.4 Å². The maximum Gasteiger partial charge on any atom is 0.277 e. The fraction of sp³-hybridized carbons (Fsp3) is 0.488. The molecule has 4 heterocycles. The molecule has 15 heteroatoms. The van der Waals surface area contributed by atoms with Gasteiger partial charge >= 0.3 is 0 Å². The van der Waals surface area contributed by atoms with Crippen LogP contribution in [0.4, 0.5) is 17.1 Å². The van der Waals surface area contributed by atoms with Gasteiger partial charge in [0.2, 0.25) is 0 Å². The summed E-state index contributed by atoms with van der Waals surface area (Å²) in [4.78, 5) is 15.7. The van der Waals surface area contributed by atoms with E-state index < -0.39 is 77.8 Å². The fourth-order valence-corrected chi connectivity index (χ4v) is 8.19. The lowest BCUT2D eigenvalue weighted by molar-refractivity contribution is -0.181. The second-order valence-electron chi connectivity index (χ2n) is 16.3. The number of fused-ring (bicyclic) bond motifs is 2. The molecule has 0 aliphatic carbocycles. The number of methoxy groups -OCH3 is 1. The van der Waals surface area contributed by atoms with E-state index >= 15 is 0 Å². The number of ether oxygens (including phenoxy) is 3. The van der Waals surface area contributed by atoms with Crippen LogP contribution in [0.5, 0.6) is 17.2 Å². The van der Waals surface area contributed by atoms with Gasteiger partial charge in [0.1, 0.15) is 23.4 Å². The molecule has 4 aliphatic heterocycles. The van der Waals surface area contributed by atoms with Crippen molar-refractivity contribution in [2.45, 2.75) is 90.9 Å². The summed E-state index contributed by atoms with van der Waals surface area (Å²) in [6.07, 6.45) is 9.28. The summed E-state index contributed by atoms with van der Waals surface area (Å²) in [6.45, 7) is 11.7. The number of nitrogens with zero attached hydrogens (tertiary/aromatic N) is 3. The Hall–Kier alpha value is -5.06. The van der Waals surface area contributed by atoms with E-state index in [-0.39, 0.29) is 44.7 Å². The summed E-state index contributed by atoms with van der Waals surface area (Å²) in [5.74, 6) is -5.19. The van der Waals surface area contributed by atoms with Gasteiger partial charge in [-0.1, -0.05) is 52.0 Å². The first kappa shape index (κ1) is 42.5. The van der Waals surface area contributed by atoms with Crippen LogP contribution in [0.15, 0.2) is 65.2 Å². The molecule has 2 unspecified atom stereocenters. The lowest BCUT2D eigenvalue weighted by Gasteiger charge is -2.36. The highest BCUT2D eigenvalue weighted by molar-refractivity contribution is 6.20. The number of carbonyl (C=O) groups is 1. The average Bonchev–Trinajstić information content (AvgIpc) is 3.70. The maximum atomic E-state index is 13.9. The van der Waals surface area contributed by atoms with Gasteiger partial charge in [-0.25, -0.2) is 0 Å². The topological polar surface area (TPSA) is 209 Å². The SMILES string of the molecule is CO[C@H]1/C=C/O[C@@]2(C)Oc3c(C)c(O)c4c(O)c(c5c(c4c3C2O)NC2C=CC(/C=N/N(C)C)=CN52)NC(=O)/C(C)=C\C=C\[C@H](C)[C@H](O)[C@@H](C)[C@@H](O)[C@@H](C)[C@H](O)[C@@H]1C. The number of aliphatic hydroxyl groups excluding tert-OH is 4. The first-order valence-corrected chi connectivity index (χ1v) is 19.5. The molecule has 1 amide bonds. The second-order valence-corrected chi connectivity index (χ2v) is 16.3. The molecule has 6 rings (SSSR count). The van der Waals surface area contributed by atoms with E-state index in [4.69, 9.17) is 14.2 Å². The van der Waals surface area contributed by atoms with Gasteiger partial charge in [-0.2, -0.15) is 5.10 Å². The van der Waals surface area contributed by atoms with E-state index in [2.05, 4.69) is 15.7 Å². The largest absolute Gasteiger partial charge is 0.507 e. The van der Waals surface area contributed by atoms with E-state index in [9.17, 15) is 35.4 Å². The third kappa shape index (κ3) is 7.41. The quantitative estimate of drug-likeness (QED) is 0.0902. The molecule has 0 aromatic heterocycles. The molecule has 0 saturated carbocycles. The van der Waals surface area contributed by atoms with Crippen molar-refractivity contribution in [3.8, 4) is 17.2 Å². The van der Waals surface area contributed by atoms with Crippen molar-refractivity contribution in [1.82, 2.24) is 5.01 Å². The number of aliphatic hydroxyl groups is 4. The van der Waals surface area contributed by atoms with Gasteiger partial charge in [0.15, 0.2) is 11.9 Å². The van der Waals surface area contributed by atoms with E-state index in [0.29, 0.717) is 16.9 Å². The van der Waals surface area contributed by atoms with Crippen molar-refractivity contribution in [3.05, 3.63) is 71.2 Å². The molecule has 15 nitrogen and oxygen atoms in total. The minimum Gasteiger partial charge on any atom is -0.507 e. The molecule has 4 bridgehead atoms. The van der Waals surface area contributed by atoms with Crippen LogP contribution in [0, 0.1) is 30.6 Å². The van der Waals surface area contributed by atoms with Crippen molar-refractivity contribution >= 4 is 40.0 Å². The van der Waals surface area contributed by atoms with Gasteiger partial charge in [0.05, 0.1) is 53.7 Å². The zero-order chi connectivity index (χ0) is 42.5. The summed E-state index contributed by atoms with van der Waals surface area (Å²) < 4.78 is 18.2. The second kappa shape index (κ2) is 16.3. The Kier molecular flexibility index (Phi) is 12.0. The Morgan fingerprint density at radius 3 is 2.28 bits per heavy atom. The molecule has 4 aliphatic rings. The van der Waals surface area contributed by atoms with E-state index in [1.54, 1.807) is 91.2 Å². The predicted molar refractivity (Wildman–Crippen MR) is 223 cm³/mol. The maximum absolute atomic E-state index is 13.9. The predicted octanol–water partition coefficient (Wildman–Crippen LogP) is 4.89. The Bertz CT molecular complexity index is 2130. The third-order valence-corrected chi connectivity index (χ3v) is 12.0. The lowest BCUT2D eigenvalue weighted by Crippen LogP contribution is -2.44.